The smallest absolute Gasteiger partial charge is 0.415 e. The van der Waals surface area contributed by atoms with Crippen LogP contribution in [0.25, 0.3) is 11.1 Å². The number of cyclic esters (lactones) is 1. The Labute approximate surface area is 156 Å². The highest BCUT2D eigenvalue weighted by molar-refractivity contribution is 5.89. The third-order valence-corrected chi connectivity index (χ3v) is 4.59. The summed E-state index contributed by atoms with van der Waals surface area (Å²) < 4.78 is 11.0. The number of carbonyl (C=O) groups is 1. The first-order chi connectivity index (χ1) is 13.0. The van der Waals surface area contributed by atoms with Crippen LogP contribution < -0.4 is 10.2 Å². The Kier molecular flexibility index (Phi) is 4.39. The molecule has 140 valence electrons. The van der Waals surface area contributed by atoms with Crippen LogP contribution in [-0.4, -0.2) is 33.7 Å². The van der Waals surface area contributed by atoms with Crippen LogP contribution in [0.1, 0.15) is 32.7 Å². The molecule has 0 saturated carbocycles. The maximum Gasteiger partial charge on any atom is 0.415 e. The van der Waals surface area contributed by atoms with E-state index >= 15 is 0 Å². The molecule has 1 N–H and O–H groups in total. The van der Waals surface area contributed by atoms with Gasteiger partial charge >= 0.3 is 6.09 Å². The lowest BCUT2D eigenvalue weighted by molar-refractivity contribution is 0.177. The molecule has 3 aromatic rings. The van der Waals surface area contributed by atoms with Gasteiger partial charge in [-0.3, -0.25) is 4.90 Å². The minimum atomic E-state index is -0.384. The summed E-state index contributed by atoms with van der Waals surface area (Å²) in [6.07, 6.45) is 1.23. The molecule has 0 aliphatic carbocycles. The number of ether oxygens (including phenoxy) is 1. The number of benzene rings is 1. The molecular weight excluding hydrogens is 346 g/mol. The topological polar surface area (TPSA) is 93.4 Å². The molecule has 0 radical (unpaired) electrons. The Bertz CT molecular complexity index is 938. The Morgan fingerprint density at radius 3 is 2.78 bits per heavy atom. The van der Waals surface area contributed by atoms with Crippen LogP contribution >= 0.6 is 0 Å². The average Bonchev–Trinajstić information content (AvgIpc) is 3.25. The zero-order valence-electron chi connectivity index (χ0n) is 15.4. The van der Waals surface area contributed by atoms with Crippen molar-refractivity contribution in [2.75, 3.05) is 16.8 Å². The van der Waals surface area contributed by atoms with Gasteiger partial charge in [0.1, 0.15) is 24.0 Å². The number of rotatable bonds is 5. The third-order valence-electron chi connectivity index (χ3n) is 4.59. The summed E-state index contributed by atoms with van der Waals surface area (Å²) in [6.45, 7) is 6.38. The zero-order valence-corrected chi connectivity index (χ0v) is 15.4. The highest BCUT2D eigenvalue weighted by Gasteiger charge is 2.37. The fourth-order valence-electron chi connectivity index (χ4n) is 3.07. The number of hydrogen-bond acceptors (Lipinski definition) is 7. The molecule has 4 rings (SSSR count). The van der Waals surface area contributed by atoms with E-state index in [9.17, 15) is 4.79 Å². The molecule has 1 saturated heterocycles. The number of nitrogens with one attached hydrogen (secondary N) is 1. The number of anilines is 2. The van der Waals surface area contributed by atoms with Crippen molar-refractivity contribution in [2.24, 2.45) is 5.92 Å². The van der Waals surface area contributed by atoms with E-state index in [1.807, 2.05) is 31.2 Å². The maximum atomic E-state index is 12.1. The second kappa shape index (κ2) is 6.86. The van der Waals surface area contributed by atoms with Crippen molar-refractivity contribution in [3.05, 3.63) is 42.4 Å². The van der Waals surface area contributed by atoms with Crippen LogP contribution in [-0.2, 0) is 4.74 Å². The van der Waals surface area contributed by atoms with Gasteiger partial charge in [-0.25, -0.2) is 14.8 Å². The largest absolute Gasteiger partial charge is 0.447 e. The quantitative estimate of drug-likeness (QED) is 0.733. The van der Waals surface area contributed by atoms with Crippen LogP contribution in [0.5, 0.6) is 0 Å². The molecule has 1 aliphatic rings. The van der Waals surface area contributed by atoms with Gasteiger partial charge in [-0.05, 0) is 31.0 Å². The molecule has 1 fully saturated rings. The molecule has 3 heterocycles. The third kappa shape index (κ3) is 3.30. The van der Waals surface area contributed by atoms with Gasteiger partial charge in [0.2, 0.25) is 11.8 Å². The van der Waals surface area contributed by atoms with Crippen molar-refractivity contribution in [3.63, 3.8) is 0 Å². The molecule has 0 bridgehead atoms. The SMILES string of the molecule is CC(Nc1nccc(N2C(=O)OC[C@@H]2C(C)C)n1)c1nc2ccccc2o1. The first-order valence-corrected chi connectivity index (χ1v) is 8.94. The number of carbonyl (C=O) groups excluding carboxylic acids is 1. The fourth-order valence-corrected chi connectivity index (χ4v) is 3.07. The minimum absolute atomic E-state index is 0.0466. The number of nitrogens with zero attached hydrogens (tertiary/aromatic N) is 4. The second-order valence-corrected chi connectivity index (χ2v) is 6.88. The lowest BCUT2D eigenvalue weighted by Gasteiger charge is -2.23. The summed E-state index contributed by atoms with van der Waals surface area (Å²) in [4.78, 5) is 27.0. The lowest BCUT2D eigenvalue weighted by atomic mass is 10.0. The maximum absolute atomic E-state index is 12.1. The van der Waals surface area contributed by atoms with Crippen LogP contribution in [0.2, 0.25) is 0 Å². The molecule has 1 unspecified atom stereocenters. The molecule has 1 amide bonds. The van der Waals surface area contributed by atoms with Gasteiger partial charge in [-0.2, -0.15) is 4.98 Å². The van der Waals surface area contributed by atoms with Gasteiger partial charge in [0.15, 0.2) is 5.58 Å². The van der Waals surface area contributed by atoms with E-state index < -0.39 is 0 Å². The van der Waals surface area contributed by atoms with Gasteiger partial charge in [0.05, 0.1) is 6.04 Å². The van der Waals surface area contributed by atoms with E-state index in [1.54, 1.807) is 17.2 Å². The molecule has 1 aromatic carbocycles. The van der Waals surface area contributed by atoms with Crippen molar-refractivity contribution in [2.45, 2.75) is 32.9 Å². The van der Waals surface area contributed by atoms with E-state index in [4.69, 9.17) is 9.15 Å². The van der Waals surface area contributed by atoms with Crippen LogP contribution in [0, 0.1) is 5.92 Å². The summed E-state index contributed by atoms with van der Waals surface area (Å²) in [5.41, 5.74) is 1.53. The Balaban J connectivity index is 1.56. The summed E-state index contributed by atoms with van der Waals surface area (Å²) in [7, 11) is 0. The predicted octanol–water partition coefficient (Wildman–Crippen LogP) is 3.77. The number of amides is 1. The van der Waals surface area contributed by atoms with E-state index in [0.29, 0.717) is 24.3 Å². The molecular formula is C19H21N5O3. The van der Waals surface area contributed by atoms with Crippen molar-refractivity contribution in [1.82, 2.24) is 15.0 Å². The lowest BCUT2D eigenvalue weighted by Crippen LogP contribution is -2.37. The predicted molar refractivity (Wildman–Crippen MR) is 101 cm³/mol. The normalized spacial score (nSPS) is 18.1. The summed E-state index contributed by atoms with van der Waals surface area (Å²) >= 11 is 0. The van der Waals surface area contributed by atoms with Gasteiger partial charge < -0.3 is 14.5 Å². The van der Waals surface area contributed by atoms with Crippen LogP contribution in [0.15, 0.2) is 40.9 Å². The highest BCUT2D eigenvalue weighted by Crippen LogP contribution is 2.27. The van der Waals surface area contributed by atoms with Gasteiger partial charge in [0, 0.05) is 6.20 Å². The van der Waals surface area contributed by atoms with Gasteiger partial charge in [0.25, 0.3) is 0 Å². The number of oxazole rings is 1. The minimum Gasteiger partial charge on any atom is -0.447 e. The molecule has 1 aliphatic heterocycles. The van der Waals surface area contributed by atoms with Crippen LogP contribution in [0.4, 0.5) is 16.6 Å². The van der Waals surface area contributed by atoms with E-state index in [1.165, 1.54) is 0 Å². The Morgan fingerprint density at radius 1 is 1.19 bits per heavy atom. The van der Waals surface area contributed by atoms with E-state index in [0.717, 1.165) is 11.1 Å². The van der Waals surface area contributed by atoms with E-state index in [-0.39, 0.29) is 24.1 Å². The molecule has 2 atom stereocenters. The zero-order chi connectivity index (χ0) is 19.0. The first-order valence-electron chi connectivity index (χ1n) is 8.94. The van der Waals surface area contributed by atoms with Crippen LogP contribution in [0.3, 0.4) is 0 Å². The Hall–Kier alpha value is -3.16. The molecule has 2 aromatic heterocycles. The molecule has 27 heavy (non-hydrogen) atoms. The number of aromatic nitrogens is 3. The standard InChI is InChI=1S/C19H21N5O3/c1-11(2)14-10-26-19(25)24(14)16-8-9-20-18(23-16)21-12(3)17-22-13-6-4-5-7-15(13)27-17/h4-9,11-12,14H,10H2,1-3H3,(H,20,21,23)/t12?,14-/m1/s1. The molecule has 8 heteroatoms. The fraction of sp³-hybridized carbons (Fsp3) is 0.368. The summed E-state index contributed by atoms with van der Waals surface area (Å²) in [5, 5.41) is 3.18. The van der Waals surface area contributed by atoms with Gasteiger partial charge in [-0.1, -0.05) is 26.0 Å². The number of para-hydroxylation sites is 2. The average molecular weight is 367 g/mol. The Morgan fingerprint density at radius 2 is 2.00 bits per heavy atom. The summed E-state index contributed by atoms with van der Waals surface area (Å²) in [6, 6.07) is 9.02. The summed E-state index contributed by atoms with van der Waals surface area (Å²) in [5.74, 6) is 1.70. The van der Waals surface area contributed by atoms with Crippen molar-refractivity contribution in [1.29, 1.82) is 0 Å². The van der Waals surface area contributed by atoms with Crippen molar-refractivity contribution >= 4 is 29.0 Å². The van der Waals surface area contributed by atoms with Crippen molar-refractivity contribution < 1.29 is 13.9 Å². The van der Waals surface area contributed by atoms with Gasteiger partial charge in [-0.15, -0.1) is 0 Å². The molecule has 8 nitrogen and oxygen atoms in total. The highest BCUT2D eigenvalue weighted by atomic mass is 16.6. The molecule has 0 spiro atoms. The number of fused-ring (bicyclic) bond motifs is 1. The number of hydrogen-bond donors (Lipinski definition) is 1. The monoisotopic (exact) mass is 367 g/mol. The van der Waals surface area contributed by atoms with Crippen molar-refractivity contribution in [3.8, 4) is 0 Å². The first kappa shape index (κ1) is 17.3. The van der Waals surface area contributed by atoms with E-state index in [2.05, 4.69) is 34.1 Å². The second-order valence-electron chi connectivity index (χ2n) is 6.88.